The van der Waals surface area contributed by atoms with Crippen molar-refractivity contribution in [1.82, 2.24) is 9.47 Å². The van der Waals surface area contributed by atoms with E-state index in [9.17, 15) is 4.79 Å². The summed E-state index contributed by atoms with van der Waals surface area (Å²) in [6.07, 6.45) is 2.04. The van der Waals surface area contributed by atoms with Crippen LogP contribution in [0.4, 0.5) is 10.5 Å². The van der Waals surface area contributed by atoms with Gasteiger partial charge in [-0.15, -0.1) is 0 Å². The summed E-state index contributed by atoms with van der Waals surface area (Å²) < 4.78 is 2.16. The van der Waals surface area contributed by atoms with Crippen molar-refractivity contribution in [3.8, 4) is 0 Å². The molecular weight excluding hydrogens is 370 g/mol. The number of halogens is 1. The van der Waals surface area contributed by atoms with E-state index in [1.165, 1.54) is 0 Å². The largest absolute Gasteiger partial charge is 0.345 e. The normalized spacial score (nSPS) is 10.9. The Balaban J connectivity index is 1.74. The van der Waals surface area contributed by atoms with E-state index < -0.39 is 0 Å². The molecule has 3 aromatic rings. The van der Waals surface area contributed by atoms with Gasteiger partial charge in [-0.2, -0.15) is 0 Å². The standard InChI is InChI=1S/C23H26ClN3O/c1-18(2)15-27(23(28)25-21-10-4-3-5-11-21)17-22-12-7-13-26(22)16-19-8-6-9-20(24)14-19/h3-14,18H,15-17H2,1-2H3,(H,25,28). The Morgan fingerprint density at radius 1 is 1.07 bits per heavy atom. The van der Waals surface area contributed by atoms with Gasteiger partial charge in [-0.3, -0.25) is 0 Å². The van der Waals surface area contributed by atoms with E-state index in [0.29, 0.717) is 19.0 Å². The second-order valence-corrected chi connectivity index (χ2v) is 7.76. The number of hydrogen-bond acceptors (Lipinski definition) is 1. The topological polar surface area (TPSA) is 37.3 Å². The van der Waals surface area contributed by atoms with Crippen LogP contribution in [0.2, 0.25) is 5.02 Å². The molecule has 0 aliphatic heterocycles. The smallest absolute Gasteiger partial charge is 0.322 e. The third-order valence-electron chi connectivity index (χ3n) is 4.42. The molecule has 1 heterocycles. The molecule has 3 rings (SSSR count). The Hall–Kier alpha value is -2.72. The maximum absolute atomic E-state index is 12.9. The molecule has 1 N–H and O–H groups in total. The van der Waals surface area contributed by atoms with Crippen molar-refractivity contribution in [2.75, 3.05) is 11.9 Å². The van der Waals surface area contributed by atoms with Gasteiger partial charge in [0.1, 0.15) is 0 Å². The predicted molar refractivity (Wildman–Crippen MR) is 116 cm³/mol. The van der Waals surface area contributed by atoms with Gasteiger partial charge in [0.15, 0.2) is 0 Å². The van der Waals surface area contributed by atoms with Gasteiger partial charge in [-0.25, -0.2) is 4.79 Å². The van der Waals surface area contributed by atoms with Crippen molar-refractivity contribution in [2.24, 2.45) is 5.92 Å². The Morgan fingerprint density at radius 3 is 2.57 bits per heavy atom. The van der Waals surface area contributed by atoms with Crippen LogP contribution in [0, 0.1) is 5.92 Å². The van der Waals surface area contributed by atoms with Gasteiger partial charge in [-0.1, -0.05) is 55.8 Å². The first-order valence-electron chi connectivity index (χ1n) is 9.50. The summed E-state index contributed by atoms with van der Waals surface area (Å²) in [5, 5.41) is 3.73. The van der Waals surface area contributed by atoms with Crippen molar-refractivity contribution in [2.45, 2.75) is 26.9 Å². The minimum atomic E-state index is -0.0876. The molecule has 0 saturated heterocycles. The van der Waals surface area contributed by atoms with E-state index in [1.54, 1.807) is 0 Å². The molecule has 2 aromatic carbocycles. The Morgan fingerprint density at radius 2 is 1.86 bits per heavy atom. The molecule has 2 amide bonds. The van der Waals surface area contributed by atoms with Crippen molar-refractivity contribution >= 4 is 23.3 Å². The molecule has 0 spiro atoms. The Bertz CT molecular complexity index is 905. The molecule has 1 aromatic heterocycles. The summed E-state index contributed by atoms with van der Waals surface area (Å²) >= 11 is 6.11. The SMILES string of the molecule is CC(C)CN(Cc1cccn1Cc1cccc(Cl)c1)C(=O)Nc1ccccc1. The van der Waals surface area contributed by atoms with Gasteiger partial charge in [0, 0.05) is 35.7 Å². The molecule has 4 nitrogen and oxygen atoms in total. The van der Waals surface area contributed by atoms with Crippen molar-refractivity contribution in [3.05, 3.63) is 89.2 Å². The van der Waals surface area contributed by atoms with Crippen LogP contribution in [0.25, 0.3) is 0 Å². The maximum Gasteiger partial charge on any atom is 0.322 e. The lowest BCUT2D eigenvalue weighted by atomic mass is 10.2. The number of carbonyl (C=O) groups is 1. The second-order valence-electron chi connectivity index (χ2n) is 7.33. The van der Waals surface area contributed by atoms with Crippen LogP contribution in [0.1, 0.15) is 25.1 Å². The van der Waals surface area contributed by atoms with Gasteiger partial charge in [0.25, 0.3) is 0 Å². The van der Waals surface area contributed by atoms with E-state index in [4.69, 9.17) is 11.6 Å². The average Bonchev–Trinajstić information content (AvgIpc) is 3.08. The van der Waals surface area contributed by atoms with Crippen LogP contribution in [0.3, 0.4) is 0 Å². The fourth-order valence-corrected chi connectivity index (χ4v) is 3.37. The van der Waals surface area contributed by atoms with Crippen molar-refractivity contribution < 1.29 is 4.79 Å². The molecular formula is C23H26ClN3O. The molecule has 0 aliphatic rings. The molecule has 5 heteroatoms. The van der Waals surface area contributed by atoms with Crippen LogP contribution in [0.15, 0.2) is 72.9 Å². The predicted octanol–water partition coefficient (Wildman–Crippen LogP) is 5.88. The minimum absolute atomic E-state index is 0.0876. The summed E-state index contributed by atoms with van der Waals surface area (Å²) in [4.78, 5) is 14.7. The maximum atomic E-state index is 12.9. The molecule has 0 aliphatic carbocycles. The van der Waals surface area contributed by atoms with Gasteiger partial charge >= 0.3 is 6.03 Å². The van der Waals surface area contributed by atoms with E-state index in [-0.39, 0.29) is 6.03 Å². The fourth-order valence-electron chi connectivity index (χ4n) is 3.16. The van der Waals surface area contributed by atoms with Crippen LogP contribution in [-0.4, -0.2) is 22.0 Å². The highest BCUT2D eigenvalue weighted by Gasteiger charge is 2.17. The summed E-state index contributed by atoms with van der Waals surface area (Å²) in [5.74, 6) is 0.373. The van der Waals surface area contributed by atoms with Crippen molar-refractivity contribution in [3.63, 3.8) is 0 Å². The zero-order valence-electron chi connectivity index (χ0n) is 16.3. The molecule has 0 fully saturated rings. The number of anilines is 1. The third-order valence-corrected chi connectivity index (χ3v) is 4.65. The van der Waals surface area contributed by atoms with Gasteiger partial charge in [-0.05, 0) is 47.9 Å². The quantitative estimate of drug-likeness (QED) is 0.532. The molecule has 0 saturated carbocycles. The third kappa shape index (κ3) is 5.64. The molecule has 146 valence electrons. The fraction of sp³-hybridized carbons (Fsp3) is 0.261. The summed E-state index contributed by atoms with van der Waals surface area (Å²) in [6.45, 7) is 6.19. The zero-order valence-corrected chi connectivity index (χ0v) is 17.1. The lowest BCUT2D eigenvalue weighted by Gasteiger charge is -2.25. The van der Waals surface area contributed by atoms with Gasteiger partial charge in [0.05, 0.1) is 6.54 Å². The number of hydrogen-bond donors (Lipinski definition) is 1. The monoisotopic (exact) mass is 395 g/mol. The highest BCUT2D eigenvalue weighted by atomic mass is 35.5. The molecule has 0 atom stereocenters. The summed E-state index contributed by atoms with van der Waals surface area (Å²) in [7, 11) is 0. The number of rotatable bonds is 7. The number of nitrogens with zero attached hydrogens (tertiary/aromatic N) is 2. The number of benzene rings is 2. The van der Waals surface area contributed by atoms with Crippen LogP contribution < -0.4 is 5.32 Å². The molecule has 0 radical (unpaired) electrons. The Kier molecular flexibility index (Phi) is 6.77. The van der Waals surface area contributed by atoms with Crippen LogP contribution in [0.5, 0.6) is 0 Å². The van der Waals surface area contributed by atoms with Crippen LogP contribution >= 0.6 is 11.6 Å². The van der Waals surface area contributed by atoms with Gasteiger partial charge in [0.2, 0.25) is 0 Å². The summed E-state index contributed by atoms with van der Waals surface area (Å²) in [5.41, 5.74) is 3.02. The number of nitrogens with one attached hydrogen (secondary N) is 1. The second kappa shape index (κ2) is 9.47. The first-order chi connectivity index (χ1) is 13.5. The first-order valence-corrected chi connectivity index (χ1v) is 9.88. The minimum Gasteiger partial charge on any atom is -0.345 e. The van der Waals surface area contributed by atoms with Crippen molar-refractivity contribution in [1.29, 1.82) is 0 Å². The number of aromatic nitrogens is 1. The lowest BCUT2D eigenvalue weighted by Crippen LogP contribution is -2.37. The average molecular weight is 396 g/mol. The van der Waals surface area contributed by atoms with Crippen LogP contribution in [-0.2, 0) is 13.1 Å². The number of amides is 2. The number of urea groups is 1. The molecule has 0 unspecified atom stereocenters. The number of para-hydroxylation sites is 1. The van der Waals surface area contributed by atoms with E-state index in [1.807, 2.05) is 65.7 Å². The first kappa shape index (κ1) is 20.0. The van der Waals surface area contributed by atoms with E-state index >= 15 is 0 Å². The summed E-state index contributed by atoms with van der Waals surface area (Å²) in [6, 6.07) is 21.4. The Labute approximate surface area is 171 Å². The van der Waals surface area contributed by atoms with E-state index in [0.717, 1.165) is 28.5 Å². The zero-order chi connectivity index (χ0) is 19.9. The molecule has 28 heavy (non-hydrogen) atoms. The lowest BCUT2D eigenvalue weighted by molar-refractivity contribution is 0.200. The highest BCUT2D eigenvalue weighted by Crippen LogP contribution is 2.16. The highest BCUT2D eigenvalue weighted by molar-refractivity contribution is 6.30. The number of carbonyl (C=O) groups excluding carboxylic acids is 1. The molecule has 0 bridgehead atoms. The van der Waals surface area contributed by atoms with E-state index in [2.05, 4.69) is 35.9 Å². The van der Waals surface area contributed by atoms with Gasteiger partial charge < -0.3 is 14.8 Å².